The van der Waals surface area contributed by atoms with Crippen molar-refractivity contribution >= 4 is 17.5 Å². The zero-order valence-electron chi connectivity index (χ0n) is 12.2. The summed E-state index contributed by atoms with van der Waals surface area (Å²) in [6.07, 6.45) is 3.96. The minimum atomic E-state index is -0.995. The summed E-state index contributed by atoms with van der Waals surface area (Å²) in [6, 6.07) is 1.38. The van der Waals surface area contributed by atoms with E-state index in [1.807, 2.05) is 6.92 Å². The molecule has 2 heterocycles. The van der Waals surface area contributed by atoms with E-state index in [2.05, 4.69) is 4.98 Å². The van der Waals surface area contributed by atoms with Crippen LogP contribution in [0.15, 0.2) is 12.3 Å². The number of rotatable bonds is 5. The van der Waals surface area contributed by atoms with Gasteiger partial charge in [-0.25, -0.2) is 9.78 Å². The van der Waals surface area contributed by atoms with E-state index >= 15 is 0 Å². The molecule has 1 aromatic rings. The van der Waals surface area contributed by atoms with Crippen molar-refractivity contribution in [1.82, 2.24) is 4.98 Å². The Kier molecular flexibility index (Phi) is 4.11. The van der Waals surface area contributed by atoms with Crippen molar-refractivity contribution in [2.45, 2.75) is 45.1 Å². The van der Waals surface area contributed by atoms with Crippen LogP contribution in [0.5, 0.6) is 0 Å². The van der Waals surface area contributed by atoms with Gasteiger partial charge >= 0.3 is 5.97 Å². The van der Waals surface area contributed by atoms with Gasteiger partial charge in [-0.2, -0.15) is 0 Å². The number of pyridine rings is 1. The van der Waals surface area contributed by atoms with E-state index < -0.39 is 16.4 Å². The Bertz CT molecular complexity index is 575. The van der Waals surface area contributed by atoms with Crippen molar-refractivity contribution < 1.29 is 14.8 Å². The Balaban J connectivity index is 2.46. The first-order valence-corrected chi connectivity index (χ1v) is 7.04. The minimum absolute atomic E-state index is 0.0253. The second kappa shape index (κ2) is 5.67. The van der Waals surface area contributed by atoms with Crippen LogP contribution >= 0.6 is 0 Å². The summed E-state index contributed by atoms with van der Waals surface area (Å²) in [5.74, 6) is -0.507. The van der Waals surface area contributed by atoms with Gasteiger partial charge in [0.25, 0.3) is 5.69 Å². The summed E-state index contributed by atoms with van der Waals surface area (Å²) in [4.78, 5) is 28.3. The summed E-state index contributed by atoms with van der Waals surface area (Å²) in [7, 11) is 0. The molecule has 1 atom stereocenters. The average molecular weight is 293 g/mol. The molecule has 1 fully saturated rings. The lowest BCUT2D eigenvalue weighted by molar-refractivity contribution is -0.385. The van der Waals surface area contributed by atoms with E-state index in [0.29, 0.717) is 30.8 Å². The van der Waals surface area contributed by atoms with Crippen LogP contribution in [0.2, 0.25) is 0 Å². The van der Waals surface area contributed by atoms with Gasteiger partial charge in [0.1, 0.15) is 11.4 Å². The van der Waals surface area contributed by atoms with Crippen LogP contribution in [0.4, 0.5) is 11.5 Å². The lowest BCUT2D eigenvalue weighted by Gasteiger charge is -2.35. The lowest BCUT2D eigenvalue weighted by Crippen LogP contribution is -2.51. The number of carboxylic acids is 1. The van der Waals surface area contributed by atoms with Crippen molar-refractivity contribution in [2.24, 2.45) is 0 Å². The Labute approximate surface area is 122 Å². The van der Waals surface area contributed by atoms with E-state index in [-0.39, 0.29) is 5.69 Å². The van der Waals surface area contributed by atoms with Crippen LogP contribution in [0.25, 0.3) is 0 Å². The molecule has 114 valence electrons. The molecule has 1 unspecified atom stereocenters. The van der Waals surface area contributed by atoms with Crippen LogP contribution in [-0.4, -0.2) is 33.1 Å². The smallest absolute Gasteiger partial charge is 0.329 e. The molecule has 7 nitrogen and oxygen atoms in total. The van der Waals surface area contributed by atoms with Gasteiger partial charge in [0.15, 0.2) is 0 Å². The van der Waals surface area contributed by atoms with Gasteiger partial charge in [0, 0.05) is 18.3 Å². The molecule has 7 heteroatoms. The van der Waals surface area contributed by atoms with E-state index in [0.717, 1.165) is 12.8 Å². The Morgan fingerprint density at radius 2 is 2.33 bits per heavy atom. The van der Waals surface area contributed by atoms with Crippen molar-refractivity contribution in [1.29, 1.82) is 0 Å². The molecule has 0 bridgehead atoms. The number of aryl methyl sites for hydroxylation is 1. The van der Waals surface area contributed by atoms with Crippen molar-refractivity contribution in [3.63, 3.8) is 0 Å². The number of nitro groups is 1. The van der Waals surface area contributed by atoms with Gasteiger partial charge in [-0.3, -0.25) is 10.1 Å². The van der Waals surface area contributed by atoms with Gasteiger partial charge in [-0.1, -0.05) is 13.3 Å². The minimum Gasteiger partial charge on any atom is -0.479 e. The van der Waals surface area contributed by atoms with Crippen LogP contribution in [-0.2, 0) is 4.79 Å². The maximum Gasteiger partial charge on any atom is 0.329 e. The molecule has 1 aliphatic rings. The first-order chi connectivity index (χ1) is 9.92. The molecule has 0 amide bonds. The fourth-order valence-corrected chi connectivity index (χ4v) is 3.06. The molecule has 21 heavy (non-hydrogen) atoms. The predicted octanol–water partition coefficient (Wildman–Crippen LogP) is 2.52. The first-order valence-electron chi connectivity index (χ1n) is 7.04. The third kappa shape index (κ3) is 2.55. The molecular weight excluding hydrogens is 274 g/mol. The number of nitrogens with zero attached hydrogens (tertiary/aromatic N) is 3. The van der Waals surface area contributed by atoms with Crippen LogP contribution in [0, 0.1) is 17.0 Å². The van der Waals surface area contributed by atoms with E-state index in [1.54, 1.807) is 11.8 Å². The summed E-state index contributed by atoms with van der Waals surface area (Å²) in [5.41, 5.74) is -0.549. The SMILES string of the molecule is CCCC1(C(=O)O)CCCN1c1cc([N+](=O)[O-])c(C)cn1. The molecule has 1 saturated heterocycles. The zero-order chi connectivity index (χ0) is 15.6. The quantitative estimate of drug-likeness (QED) is 0.662. The summed E-state index contributed by atoms with van der Waals surface area (Å²) in [5, 5.41) is 20.7. The van der Waals surface area contributed by atoms with E-state index in [9.17, 15) is 20.0 Å². The molecular formula is C14H19N3O4. The molecule has 1 N–H and O–H groups in total. The fraction of sp³-hybridized carbons (Fsp3) is 0.571. The predicted molar refractivity (Wildman–Crippen MR) is 77.5 cm³/mol. The molecule has 1 aliphatic heterocycles. The highest BCUT2D eigenvalue weighted by Crippen LogP contribution is 2.38. The van der Waals surface area contributed by atoms with Gasteiger partial charge in [0.2, 0.25) is 0 Å². The van der Waals surface area contributed by atoms with Crippen molar-refractivity contribution in [2.75, 3.05) is 11.4 Å². The van der Waals surface area contributed by atoms with Crippen LogP contribution in [0.1, 0.15) is 38.2 Å². The van der Waals surface area contributed by atoms with Crippen LogP contribution < -0.4 is 4.90 Å². The normalized spacial score (nSPS) is 21.5. The Morgan fingerprint density at radius 3 is 2.90 bits per heavy atom. The fourth-order valence-electron chi connectivity index (χ4n) is 3.06. The van der Waals surface area contributed by atoms with Gasteiger partial charge in [-0.15, -0.1) is 0 Å². The first kappa shape index (κ1) is 15.2. The molecule has 1 aromatic heterocycles. The molecule has 0 saturated carbocycles. The van der Waals surface area contributed by atoms with Gasteiger partial charge < -0.3 is 10.0 Å². The second-order valence-corrected chi connectivity index (χ2v) is 5.43. The second-order valence-electron chi connectivity index (χ2n) is 5.43. The number of hydrogen-bond donors (Lipinski definition) is 1. The molecule has 0 spiro atoms. The Morgan fingerprint density at radius 1 is 1.62 bits per heavy atom. The number of carbonyl (C=O) groups is 1. The standard InChI is InChI=1S/C14H19N3O4/c1-3-5-14(13(18)19)6-4-7-16(14)12-8-11(17(20)21)10(2)9-15-12/h8-9H,3-7H2,1-2H3,(H,18,19). The Hall–Kier alpha value is -2.18. The third-order valence-corrected chi connectivity index (χ3v) is 4.08. The maximum atomic E-state index is 11.8. The number of aliphatic carboxylic acids is 1. The summed E-state index contributed by atoms with van der Waals surface area (Å²) >= 11 is 0. The number of aromatic nitrogens is 1. The van der Waals surface area contributed by atoms with Gasteiger partial charge in [-0.05, 0) is 26.2 Å². The molecule has 0 aliphatic carbocycles. The van der Waals surface area contributed by atoms with Crippen molar-refractivity contribution in [3.8, 4) is 0 Å². The maximum absolute atomic E-state index is 11.8. The highest BCUT2D eigenvalue weighted by atomic mass is 16.6. The number of carboxylic acid groups (broad SMARTS) is 1. The lowest BCUT2D eigenvalue weighted by atomic mass is 9.90. The molecule has 2 rings (SSSR count). The molecule has 0 radical (unpaired) electrons. The highest BCUT2D eigenvalue weighted by molar-refractivity contribution is 5.84. The van der Waals surface area contributed by atoms with Gasteiger partial charge in [0.05, 0.1) is 11.0 Å². The zero-order valence-corrected chi connectivity index (χ0v) is 12.2. The summed E-state index contributed by atoms with van der Waals surface area (Å²) < 4.78 is 0. The number of hydrogen-bond acceptors (Lipinski definition) is 5. The summed E-state index contributed by atoms with van der Waals surface area (Å²) in [6.45, 7) is 4.11. The van der Waals surface area contributed by atoms with E-state index in [4.69, 9.17) is 0 Å². The van der Waals surface area contributed by atoms with Crippen molar-refractivity contribution in [3.05, 3.63) is 27.9 Å². The highest BCUT2D eigenvalue weighted by Gasteiger charge is 2.47. The molecule has 0 aromatic carbocycles. The monoisotopic (exact) mass is 293 g/mol. The topological polar surface area (TPSA) is 96.6 Å². The van der Waals surface area contributed by atoms with Crippen LogP contribution in [0.3, 0.4) is 0 Å². The average Bonchev–Trinajstić information content (AvgIpc) is 2.84. The van der Waals surface area contributed by atoms with E-state index in [1.165, 1.54) is 12.3 Å². The largest absolute Gasteiger partial charge is 0.479 e. The number of anilines is 1. The third-order valence-electron chi connectivity index (χ3n) is 4.08.